The van der Waals surface area contributed by atoms with Gasteiger partial charge in [-0.1, -0.05) is 35.3 Å². The van der Waals surface area contributed by atoms with E-state index in [2.05, 4.69) is 4.98 Å². The normalized spacial score (nSPS) is 11.8. The summed E-state index contributed by atoms with van der Waals surface area (Å²) < 4.78 is 26.8. The molecule has 0 aliphatic rings. The topological polar surface area (TPSA) is 67.0 Å². The molecule has 2 aromatic heterocycles. The minimum absolute atomic E-state index is 0.135. The van der Waals surface area contributed by atoms with Crippen molar-refractivity contribution in [2.75, 3.05) is 0 Å². The maximum Gasteiger partial charge on any atom is 0.249 e. The molecule has 0 atom stereocenters. The van der Waals surface area contributed by atoms with Crippen molar-refractivity contribution in [2.45, 2.75) is 9.10 Å². The van der Waals surface area contributed by atoms with Gasteiger partial charge in [0.1, 0.15) is 9.04 Å². The number of halogens is 2. The number of rotatable bonds is 3. The molecule has 0 spiro atoms. The first kappa shape index (κ1) is 18.3. The van der Waals surface area contributed by atoms with Gasteiger partial charge >= 0.3 is 0 Å². The Bertz CT molecular complexity index is 1310. The first-order valence-corrected chi connectivity index (χ1v) is 10.8. The smallest absolute Gasteiger partial charge is 0.249 e. The molecule has 4 aromatic rings. The molecule has 0 saturated carbocycles. The molecule has 0 saturated heterocycles. The van der Waals surface area contributed by atoms with E-state index in [1.807, 2.05) is 0 Å². The Balaban J connectivity index is 2.05. The monoisotopic (exact) mass is 435 g/mol. The van der Waals surface area contributed by atoms with Crippen LogP contribution >= 0.6 is 34.5 Å². The Hall–Kier alpha value is -2.12. The number of hydrogen-bond acceptors (Lipinski definition) is 4. The van der Waals surface area contributed by atoms with Crippen LogP contribution in [0.2, 0.25) is 10.0 Å². The molecule has 2 aromatic carbocycles. The largest absolute Gasteiger partial charge is 0.314 e. The summed E-state index contributed by atoms with van der Waals surface area (Å²) in [5.41, 5.74) is 0.949. The summed E-state index contributed by atoms with van der Waals surface area (Å²) >= 11 is 12.9. The molecular weight excluding hydrogens is 425 g/mol. The minimum Gasteiger partial charge on any atom is -0.314 e. The lowest BCUT2D eigenvalue weighted by molar-refractivity contribution is 0.598. The average molecular weight is 436 g/mol. The van der Waals surface area contributed by atoms with Crippen molar-refractivity contribution >= 4 is 54.6 Å². The van der Waals surface area contributed by atoms with E-state index in [-0.39, 0.29) is 14.7 Å². The van der Waals surface area contributed by atoms with Gasteiger partial charge in [0.2, 0.25) is 15.4 Å². The summed E-state index contributed by atoms with van der Waals surface area (Å²) in [6.45, 7) is 0. The molecule has 0 fully saturated rings. The molecule has 0 unspecified atom stereocenters. The summed E-state index contributed by atoms with van der Waals surface area (Å²) in [5.74, 6) is 0. The van der Waals surface area contributed by atoms with Gasteiger partial charge in [0.15, 0.2) is 0 Å². The van der Waals surface area contributed by atoms with E-state index < -0.39 is 9.84 Å². The highest BCUT2D eigenvalue weighted by atomic mass is 35.5. The molecule has 2 heterocycles. The van der Waals surface area contributed by atoms with Crippen molar-refractivity contribution in [2.24, 2.45) is 0 Å². The van der Waals surface area contributed by atoms with Crippen LogP contribution in [0, 0.1) is 0 Å². The Morgan fingerprint density at radius 1 is 0.815 bits per heavy atom. The third kappa shape index (κ3) is 3.30. The summed E-state index contributed by atoms with van der Waals surface area (Å²) in [6.07, 6.45) is 0. The van der Waals surface area contributed by atoms with Crippen LogP contribution in [-0.4, -0.2) is 13.4 Å². The fourth-order valence-electron chi connectivity index (χ4n) is 2.79. The third-order valence-corrected chi connectivity index (χ3v) is 7.96. The molecule has 136 valence electrons. The highest BCUT2D eigenvalue weighted by Crippen LogP contribution is 2.42. The van der Waals surface area contributed by atoms with E-state index in [1.165, 1.54) is 30.3 Å². The zero-order chi connectivity index (χ0) is 19.2. The molecular formula is C19H11Cl2NO3S2. The number of sulfone groups is 1. The lowest BCUT2D eigenvalue weighted by Gasteiger charge is -2.07. The molecule has 4 nitrogen and oxygen atoms in total. The standard InChI is InChI=1S/C19H11Cl2NO3S2/c20-12-3-1-11(2-4-12)17-15-9-10-16(23)22-18(15)26-19(17)27(24,25)14-7-5-13(21)6-8-14/h1-10H,(H,22,23). The molecule has 0 amide bonds. The van der Waals surface area contributed by atoms with Crippen LogP contribution in [0.15, 0.2) is 74.6 Å². The van der Waals surface area contributed by atoms with Crippen LogP contribution in [-0.2, 0) is 9.84 Å². The number of pyridine rings is 1. The van der Waals surface area contributed by atoms with E-state index in [0.29, 0.717) is 31.4 Å². The SMILES string of the molecule is O=c1ccc2c(-c3ccc(Cl)cc3)c(S(=O)(=O)c3ccc(Cl)cc3)sc2[nH]1. The third-order valence-electron chi connectivity index (χ3n) is 4.05. The molecule has 0 aliphatic heterocycles. The van der Waals surface area contributed by atoms with Crippen molar-refractivity contribution in [1.82, 2.24) is 4.98 Å². The second kappa shape index (κ2) is 6.80. The first-order valence-electron chi connectivity index (χ1n) is 7.79. The highest BCUT2D eigenvalue weighted by Gasteiger charge is 2.27. The lowest BCUT2D eigenvalue weighted by Crippen LogP contribution is -2.01. The van der Waals surface area contributed by atoms with Crippen LogP contribution in [0.4, 0.5) is 0 Å². The van der Waals surface area contributed by atoms with E-state index in [1.54, 1.807) is 30.3 Å². The number of nitrogens with one attached hydrogen (secondary N) is 1. The summed E-state index contributed by atoms with van der Waals surface area (Å²) in [5, 5.41) is 1.66. The fourth-order valence-corrected chi connectivity index (χ4v) is 6.17. The van der Waals surface area contributed by atoms with Crippen LogP contribution < -0.4 is 5.56 Å². The fraction of sp³-hybridized carbons (Fsp3) is 0. The Morgan fingerprint density at radius 3 is 2.04 bits per heavy atom. The number of aromatic amines is 1. The van der Waals surface area contributed by atoms with Gasteiger partial charge in [-0.3, -0.25) is 4.79 Å². The summed E-state index contributed by atoms with van der Waals surface area (Å²) in [6, 6.07) is 15.9. The van der Waals surface area contributed by atoms with Crippen LogP contribution in [0.25, 0.3) is 21.3 Å². The second-order valence-electron chi connectivity index (χ2n) is 5.79. The minimum atomic E-state index is -3.81. The van der Waals surface area contributed by atoms with Crippen molar-refractivity contribution in [1.29, 1.82) is 0 Å². The molecule has 0 bridgehead atoms. The lowest BCUT2D eigenvalue weighted by atomic mass is 10.1. The molecule has 0 radical (unpaired) electrons. The van der Waals surface area contributed by atoms with Gasteiger partial charge in [-0.15, -0.1) is 11.3 Å². The maximum atomic E-state index is 13.3. The van der Waals surface area contributed by atoms with Crippen molar-refractivity contribution in [3.63, 3.8) is 0 Å². The van der Waals surface area contributed by atoms with Crippen LogP contribution in [0.1, 0.15) is 0 Å². The zero-order valence-electron chi connectivity index (χ0n) is 13.6. The van der Waals surface area contributed by atoms with E-state index in [0.717, 1.165) is 11.3 Å². The first-order chi connectivity index (χ1) is 12.9. The molecule has 1 N–H and O–H groups in total. The van der Waals surface area contributed by atoms with Gasteiger partial charge < -0.3 is 4.98 Å². The van der Waals surface area contributed by atoms with Crippen molar-refractivity contribution in [3.8, 4) is 11.1 Å². The van der Waals surface area contributed by atoms with Crippen molar-refractivity contribution in [3.05, 3.63) is 81.1 Å². The Kier molecular flexibility index (Phi) is 4.60. The Morgan fingerprint density at radius 2 is 1.41 bits per heavy atom. The summed E-state index contributed by atoms with van der Waals surface area (Å²) in [4.78, 5) is 15.1. The average Bonchev–Trinajstić information content (AvgIpc) is 3.02. The summed E-state index contributed by atoms with van der Waals surface area (Å²) in [7, 11) is -3.81. The predicted octanol–water partition coefficient (Wildman–Crippen LogP) is 5.40. The molecule has 4 rings (SSSR count). The van der Waals surface area contributed by atoms with E-state index in [9.17, 15) is 13.2 Å². The maximum absolute atomic E-state index is 13.3. The Labute approximate surface area is 168 Å². The predicted molar refractivity (Wildman–Crippen MR) is 110 cm³/mol. The molecule has 27 heavy (non-hydrogen) atoms. The van der Waals surface area contributed by atoms with Gasteiger partial charge in [-0.05, 0) is 48.0 Å². The number of aromatic nitrogens is 1. The van der Waals surface area contributed by atoms with Gasteiger partial charge in [-0.25, -0.2) is 8.42 Å². The number of H-pyrrole nitrogens is 1. The van der Waals surface area contributed by atoms with Crippen molar-refractivity contribution < 1.29 is 8.42 Å². The van der Waals surface area contributed by atoms with E-state index in [4.69, 9.17) is 23.2 Å². The zero-order valence-corrected chi connectivity index (χ0v) is 16.7. The van der Waals surface area contributed by atoms with Gasteiger partial charge in [0, 0.05) is 27.1 Å². The molecule has 0 aliphatic carbocycles. The molecule has 8 heteroatoms. The number of benzene rings is 2. The number of hydrogen-bond donors (Lipinski definition) is 1. The van der Waals surface area contributed by atoms with Gasteiger partial charge in [0.25, 0.3) is 0 Å². The van der Waals surface area contributed by atoms with E-state index >= 15 is 0 Å². The van der Waals surface area contributed by atoms with Crippen LogP contribution in [0.5, 0.6) is 0 Å². The van der Waals surface area contributed by atoms with Gasteiger partial charge in [0.05, 0.1) is 4.90 Å². The number of thiophene rings is 1. The van der Waals surface area contributed by atoms with Gasteiger partial charge in [-0.2, -0.15) is 0 Å². The van der Waals surface area contributed by atoms with Crippen LogP contribution in [0.3, 0.4) is 0 Å². The highest BCUT2D eigenvalue weighted by molar-refractivity contribution is 7.93. The quantitative estimate of drug-likeness (QED) is 0.468. The number of fused-ring (bicyclic) bond motifs is 1. The second-order valence-corrected chi connectivity index (χ2v) is 9.83.